The van der Waals surface area contributed by atoms with E-state index in [4.69, 9.17) is 4.42 Å². The minimum atomic E-state index is -0.297. The molecule has 1 aromatic carbocycles. The Morgan fingerprint density at radius 1 is 1.17 bits per heavy atom. The van der Waals surface area contributed by atoms with Crippen LogP contribution in [0.3, 0.4) is 0 Å². The minimum absolute atomic E-state index is 0.0129. The molecule has 0 aliphatic carbocycles. The summed E-state index contributed by atoms with van der Waals surface area (Å²) in [6, 6.07) is 12.0. The summed E-state index contributed by atoms with van der Waals surface area (Å²) < 4.78 is 5.09. The summed E-state index contributed by atoms with van der Waals surface area (Å²) in [7, 11) is 1.60. The number of aryl methyl sites for hydroxylation is 1. The van der Waals surface area contributed by atoms with Crippen LogP contribution < -0.4 is 10.2 Å². The monoisotopic (exact) mass is 412 g/mol. The van der Waals surface area contributed by atoms with Gasteiger partial charge >= 0.3 is 0 Å². The van der Waals surface area contributed by atoms with Crippen LogP contribution >= 0.6 is 0 Å². The van der Waals surface area contributed by atoms with E-state index in [0.29, 0.717) is 0 Å². The van der Waals surface area contributed by atoms with Crippen LogP contribution in [-0.2, 0) is 4.79 Å². The second-order valence-electron chi connectivity index (χ2n) is 8.06. The van der Waals surface area contributed by atoms with Gasteiger partial charge in [0.2, 0.25) is 5.91 Å². The summed E-state index contributed by atoms with van der Waals surface area (Å²) in [4.78, 5) is 30.7. The van der Waals surface area contributed by atoms with E-state index in [1.807, 2.05) is 6.92 Å². The van der Waals surface area contributed by atoms with Crippen LogP contribution in [0, 0.1) is 6.92 Å². The summed E-state index contributed by atoms with van der Waals surface area (Å²) >= 11 is 0. The van der Waals surface area contributed by atoms with Crippen LogP contribution in [0.25, 0.3) is 0 Å². The maximum absolute atomic E-state index is 12.3. The standard InChI is InChI=1S/C23H32N4O3/c1-18-6-4-7-20(16-18)27-13-11-26(12-14-27)10-9-19(2)24-22(28)17-25(3)23(29)21-8-5-15-30-21/h4-8,15-16,19H,9-14,17H2,1-3H3,(H,24,28). The van der Waals surface area contributed by atoms with Gasteiger partial charge in [0.25, 0.3) is 5.91 Å². The quantitative estimate of drug-likeness (QED) is 0.721. The zero-order valence-electron chi connectivity index (χ0n) is 18.1. The maximum atomic E-state index is 12.3. The summed E-state index contributed by atoms with van der Waals surface area (Å²) in [6.07, 6.45) is 2.33. The van der Waals surface area contributed by atoms with Gasteiger partial charge in [0.15, 0.2) is 5.76 Å². The molecule has 1 atom stereocenters. The van der Waals surface area contributed by atoms with Gasteiger partial charge in [-0.1, -0.05) is 12.1 Å². The van der Waals surface area contributed by atoms with Crippen LogP contribution in [0.1, 0.15) is 29.5 Å². The van der Waals surface area contributed by atoms with E-state index in [1.54, 1.807) is 19.2 Å². The number of nitrogens with zero attached hydrogens (tertiary/aromatic N) is 3. The Balaban J connectivity index is 1.35. The Morgan fingerprint density at radius 2 is 1.93 bits per heavy atom. The first-order chi connectivity index (χ1) is 14.4. The topological polar surface area (TPSA) is 69.0 Å². The Morgan fingerprint density at radius 3 is 2.60 bits per heavy atom. The Labute approximate surface area is 178 Å². The van der Waals surface area contributed by atoms with Crippen molar-refractivity contribution in [3.05, 3.63) is 54.0 Å². The number of rotatable bonds is 8. The van der Waals surface area contributed by atoms with Crippen molar-refractivity contribution >= 4 is 17.5 Å². The number of benzene rings is 1. The van der Waals surface area contributed by atoms with Crippen molar-refractivity contribution in [1.82, 2.24) is 15.1 Å². The molecule has 0 saturated carbocycles. The van der Waals surface area contributed by atoms with Crippen molar-refractivity contribution in [2.45, 2.75) is 26.3 Å². The molecule has 1 unspecified atom stereocenters. The SMILES string of the molecule is Cc1cccc(N2CCN(CCC(C)NC(=O)CN(C)C(=O)c3ccco3)CC2)c1. The van der Waals surface area contributed by atoms with Crippen LogP contribution in [0.4, 0.5) is 5.69 Å². The summed E-state index contributed by atoms with van der Waals surface area (Å²) in [5.74, 6) is -0.216. The third kappa shape index (κ3) is 6.10. The molecule has 1 aromatic heterocycles. The van der Waals surface area contributed by atoms with Crippen molar-refractivity contribution in [3.63, 3.8) is 0 Å². The van der Waals surface area contributed by atoms with Gasteiger partial charge in [0, 0.05) is 51.5 Å². The molecule has 3 rings (SSSR count). The summed E-state index contributed by atoms with van der Waals surface area (Å²) in [5, 5.41) is 2.99. The molecule has 1 saturated heterocycles. The van der Waals surface area contributed by atoms with Gasteiger partial charge in [-0.15, -0.1) is 0 Å². The first kappa shape index (κ1) is 21.9. The normalized spacial score (nSPS) is 15.6. The molecule has 2 aromatic rings. The predicted octanol–water partition coefficient (Wildman–Crippen LogP) is 2.38. The van der Waals surface area contributed by atoms with Crippen molar-refractivity contribution < 1.29 is 14.0 Å². The molecule has 0 spiro atoms. The zero-order valence-corrected chi connectivity index (χ0v) is 18.1. The third-order valence-corrected chi connectivity index (χ3v) is 5.48. The molecule has 7 heteroatoms. The number of piperazine rings is 1. The molecule has 0 bridgehead atoms. The Hall–Kier alpha value is -2.80. The average molecular weight is 413 g/mol. The largest absolute Gasteiger partial charge is 0.459 e. The van der Waals surface area contributed by atoms with Gasteiger partial charge in [0.05, 0.1) is 12.8 Å². The van der Waals surface area contributed by atoms with Gasteiger partial charge in [-0.3, -0.25) is 14.5 Å². The molecule has 0 radical (unpaired) electrons. The molecular formula is C23H32N4O3. The van der Waals surface area contributed by atoms with Crippen molar-refractivity contribution in [2.75, 3.05) is 51.2 Å². The highest BCUT2D eigenvalue weighted by molar-refractivity contribution is 5.94. The Bertz CT molecular complexity index is 829. The highest BCUT2D eigenvalue weighted by Gasteiger charge is 2.20. The van der Waals surface area contributed by atoms with E-state index in [9.17, 15) is 9.59 Å². The number of anilines is 1. The number of furan rings is 1. The minimum Gasteiger partial charge on any atom is -0.459 e. The molecule has 1 aliphatic heterocycles. The lowest BCUT2D eigenvalue weighted by Gasteiger charge is -2.36. The van der Waals surface area contributed by atoms with E-state index >= 15 is 0 Å². The number of amides is 2. The molecule has 1 aliphatic rings. The summed E-state index contributed by atoms with van der Waals surface area (Å²) in [5.41, 5.74) is 2.58. The van der Waals surface area contributed by atoms with Gasteiger partial charge in [-0.25, -0.2) is 0 Å². The van der Waals surface area contributed by atoms with E-state index < -0.39 is 0 Å². The molecule has 162 valence electrons. The Kier molecular flexibility index (Phi) is 7.52. The lowest BCUT2D eigenvalue weighted by Crippen LogP contribution is -2.48. The fraction of sp³-hybridized carbons (Fsp3) is 0.478. The number of hydrogen-bond acceptors (Lipinski definition) is 5. The van der Waals surface area contributed by atoms with Crippen LogP contribution in [0.5, 0.6) is 0 Å². The van der Waals surface area contributed by atoms with Gasteiger partial charge in [0.1, 0.15) is 0 Å². The van der Waals surface area contributed by atoms with Gasteiger partial charge in [-0.2, -0.15) is 0 Å². The third-order valence-electron chi connectivity index (χ3n) is 5.48. The second kappa shape index (κ2) is 10.3. The highest BCUT2D eigenvalue weighted by Crippen LogP contribution is 2.18. The molecule has 1 fully saturated rings. The molecule has 2 heterocycles. The first-order valence-electron chi connectivity index (χ1n) is 10.5. The van der Waals surface area contributed by atoms with Crippen molar-refractivity contribution in [3.8, 4) is 0 Å². The molecule has 7 nitrogen and oxygen atoms in total. The average Bonchev–Trinajstić information content (AvgIpc) is 3.27. The highest BCUT2D eigenvalue weighted by atomic mass is 16.3. The van der Waals surface area contributed by atoms with Crippen molar-refractivity contribution in [1.29, 1.82) is 0 Å². The lowest BCUT2D eigenvalue weighted by atomic mass is 10.1. The maximum Gasteiger partial charge on any atom is 0.289 e. The van der Waals surface area contributed by atoms with Crippen LogP contribution in [0.15, 0.2) is 47.1 Å². The van der Waals surface area contributed by atoms with E-state index in [-0.39, 0.29) is 30.2 Å². The van der Waals surface area contributed by atoms with Crippen LogP contribution in [0.2, 0.25) is 0 Å². The first-order valence-corrected chi connectivity index (χ1v) is 10.5. The fourth-order valence-corrected chi connectivity index (χ4v) is 3.70. The second-order valence-corrected chi connectivity index (χ2v) is 8.06. The smallest absolute Gasteiger partial charge is 0.289 e. The van der Waals surface area contributed by atoms with Crippen molar-refractivity contribution in [2.24, 2.45) is 0 Å². The number of likely N-dealkylation sites (N-methyl/N-ethyl adjacent to an activating group) is 1. The number of carbonyl (C=O) groups is 2. The predicted molar refractivity (Wildman–Crippen MR) is 118 cm³/mol. The van der Waals surface area contributed by atoms with Crippen LogP contribution in [-0.4, -0.2) is 74.0 Å². The fourth-order valence-electron chi connectivity index (χ4n) is 3.70. The summed E-state index contributed by atoms with van der Waals surface area (Å²) in [6.45, 7) is 9.18. The lowest BCUT2D eigenvalue weighted by molar-refractivity contribution is -0.122. The number of hydrogen-bond donors (Lipinski definition) is 1. The molecule has 2 amide bonds. The number of carbonyl (C=O) groups excluding carboxylic acids is 2. The van der Waals surface area contributed by atoms with Gasteiger partial charge in [-0.05, 0) is 50.1 Å². The molecular weight excluding hydrogens is 380 g/mol. The van der Waals surface area contributed by atoms with Gasteiger partial charge < -0.3 is 19.5 Å². The number of nitrogens with one attached hydrogen (secondary N) is 1. The van der Waals surface area contributed by atoms with E-state index in [2.05, 4.69) is 46.3 Å². The van der Waals surface area contributed by atoms with E-state index in [1.165, 1.54) is 22.4 Å². The molecule has 1 N–H and O–H groups in total. The molecule has 30 heavy (non-hydrogen) atoms. The van der Waals surface area contributed by atoms with E-state index in [0.717, 1.165) is 39.1 Å². The zero-order chi connectivity index (χ0) is 21.5.